The van der Waals surface area contributed by atoms with Crippen LogP contribution in [0.1, 0.15) is 5.69 Å². The van der Waals surface area contributed by atoms with Gasteiger partial charge in [0.2, 0.25) is 0 Å². The number of nitrogens with one attached hydrogen (secondary N) is 1. The van der Waals surface area contributed by atoms with Crippen molar-refractivity contribution in [3.05, 3.63) is 33.3 Å². The summed E-state index contributed by atoms with van der Waals surface area (Å²) in [5, 5.41) is 7.06. The van der Waals surface area contributed by atoms with E-state index in [9.17, 15) is 0 Å². The van der Waals surface area contributed by atoms with Crippen LogP contribution in [0.2, 0.25) is 0 Å². The Balaban J connectivity index is 2.41. The lowest BCUT2D eigenvalue weighted by Crippen LogP contribution is -1.97. The van der Waals surface area contributed by atoms with Gasteiger partial charge in [-0.05, 0) is 47.2 Å². The number of aryl methyl sites for hydroxylation is 1. The van der Waals surface area contributed by atoms with Crippen LogP contribution in [0.5, 0.6) is 0 Å². The van der Waals surface area contributed by atoms with Gasteiger partial charge in [-0.2, -0.15) is 5.10 Å². The summed E-state index contributed by atoms with van der Waals surface area (Å²) in [6.45, 7) is 1.97. The molecule has 0 atom stereocenters. The van der Waals surface area contributed by atoms with Gasteiger partial charge in [-0.25, -0.2) is 4.98 Å². The van der Waals surface area contributed by atoms with Gasteiger partial charge in [-0.3, -0.25) is 9.50 Å². The predicted molar refractivity (Wildman–Crippen MR) is 75.0 cm³/mol. The molecule has 5 nitrogen and oxygen atoms in total. The van der Waals surface area contributed by atoms with Crippen molar-refractivity contribution in [3.63, 3.8) is 0 Å². The first kappa shape index (κ1) is 11.6. The van der Waals surface area contributed by atoms with Crippen LogP contribution in [-0.2, 0) is 7.05 Å². The number of H-pyrrole nitrogens is 1. The van der Waals surface area contributed by atoms with Crippen LogP contribution in [0.4, 0.5) is 0 Å². The number of imidazole rings is 1. The smallest absolute Gasteiger partial charge is 0.195 e. The molecule has 0 saturated carbocycles. The number of nitrogens with zero attached hydrogens (tertiary/aromatic N) is 4. The molecule has 92 valence electrons. The molecular weight excluding hydrogens is 314 g/mol. The fourth-order valence-corrected chi connectivity index (χ4v) is 2.43. The lowest BCUT2D eigenvalue weighted by atomic mass is 10.3. The molecule has 0 aliphatic heterocycles. The van der Waals surface area contributed by atoms with Crippen molar-refractivity contribution in [2.75, 3.05) is 0 Å². The van der Waals surface area contributed by atoms with E-state index in [1.165, 1.54) is 0 Å². The third kappa shape index (κ3) is 1.62. The Morgan fingerprint density at radius 1 is 1.39 bits per heavy atom. The van der Waals surface area contributed by atoms with E-state index >= 15 is 0 Å². The molecule has 0 saturated heterocycles. The summed E-state index contributed by atoms with van der Waals surface area (Å²) in [4.78, 5) is 4.52. The van der Waals surface area contributed by atoms with Gasteiger partial charge >= 0.3 is 0 Å². The van der Waals surface area contributed by atoms with Gasteiger partial charge in [0.25, 0.3) is 0 Å². The molecule has 3 aromatic heterocycles. The highest BCUT2D eigenvalue weighted by molar-refractivity contribution is 9.10. The third-order valence-electron chi connectivity index (χ3n) is 2.85. The van der Waals surface area contributed by atoms with Crippen molar-refractivity contribution in [1.29, 1.82) is 0 Å². The molecule has 7 heteroatoms. The maximum absolute atomic E-state index is 5.15. The van der Waals surface area contributed by atoms with Crippen molar-refractivity contribution in [1.82, 2.24) is 24.1 Å². The first-order valence-electron chi connectivity index (χ1n) is 5.34. The van der Waals surface area contributed by atoms with E-state index in [1.807, 2.05) is 41.3 Å². The Kier molecular flexibility index (Phi) is 2.60. The highest BCUT2D eigenvalue weighted by Gasteiger charge is 2.15. The second-order valence-electron chi connectivity index (χ2n) is 4.03. The Bertz CT molecular complexity index is 797. The van der Waals surface area contributed by atoms with E-state index in [0.29, 0.717) is 4.77 Å². The molecule has 3 heterocycles. The molecular formula is C11H10BrN5S. The average Bonchev–Trinajstić information content (AvgIpc) is 2.81. The van der Waals surface area contributed by atoms with Gasteiger partial charge in [0.1, 0.15) is 11.3 Å². The van der Waals surface area contributed by atoms with Crippen LogP contribution in [0.15, 0.2) is 22.8 Å². The molecule has 0 aromatic carbocycles. The summed E-state index contributed by atoms with van der Waals surface area (Å²) in [6, 6.07) is 3.93. The number of rotatable bonds is 1. The summed E-state index contributed by atoms with van der Waals surface area (Å²) in [7, 11) is 1.89. The number of aromatic amines is 1. The fourth-order valence-electron chi connectivity index (χ4n) is 1.96. The van der Waals surface area contributed by atoms with Crippen LogP contribution in [0, 0.1) is 11.7 Å². The zero-order valence-corrected chi connectivity index (χ0v) is 12.2. The second kappa shape index (κ2) is 4.03. The van der Waals surface area contributed by atoms with Crippen LogP contribution in [0.25, 0.3) is 17.2 Å². The van der Waals surface area contributed by atoms with Crippen molar-refractivity contribution in [2.45, 2.75) is 6.92 Å². The first-order chi connectivity index (χ1) is 8.58. The number of halogens is 1. The minimum atomic E-state index is 0.592. The van der Waals surface area contributed by atoms with Gasteiger partial charge in [0.05, 0.1) is 5.69 Å². The zero-order chi connectivity index (χ0) is 12.9. The number of aromatic nitrogens is 5. The van der Waals surface area contributed by atoms with Gasteiger partial charge in [-0.1, -0.05) is 0 Å². The first-order valence-corrected chi connectivity index (χ1v) is 6.54. The van der Waals surface area contributed by atoms with Gasteiger partial charge < -0.3 is 4.57 Å². The SMILES string of the molecule is Cc1nc2ccc(Br)cn2c1-c1n[nH]c(=S)n1C. The van der Waals surface area contributed by atoms with Gasteiger partial charge in [0, 0.05) is 17.7 Å². The van der Waals surface area contributed by atoms with Crippen molar-refractivity contribution in [2.24, 2.45) is 7.05 Å². The maximum Gasteiger partial charge on any atom is 0.195 e. The molecule has 1 N–H and O–H groups in total. The molecule has 0 aliphatic carbocycles. The van der Waals surface area contributed by atoms with Crippen LogP contribution in [-0.4, -0.2) is 24.1 Å². The average molecular weight is 324 g/mol. The van der Waals surface area contributed by atoms with Crippen LogP contribution >= 0.6 is 28.1 Å². The lowest BCUT2D eigenvalue weighted by Gasteiger charge is -2.02. The van der Waals surface area contributed by atoms with Gasteiger partial charge in [-0.15, -0.1) is 0 Å². The van der Waals surface area contributed by atoms with Crippen molar-refractivity contribution >= 4 is 33.8 Å². The Morgan fingerprint density at radius 3 is 2.83 bits per heavy atom. The van der Waals surface area contributed by atoms with Crippen LogP contribution < -0.4 is 0 Å². The molecule has 0 radical (unpaired) electrons. The number of hydrogen-bond acceptors (Lipinski definition) is 3. The monoisotopic (exact) mass is 323 g/mol. The minimum Gasteiger partial charge on any atom is -0.302 e. The number of fused-ring (bicyclic) bond motifs is 1. The van der Waals surface area contributed by atoms with E-state index in [-0.39, 0.29) is 0 Å². The van der Waals surface area contributed by atoms with E-state index < -0.39 is 0 Å². The zero-order valence-electron chi connectivity index (χ0n) is 9.81. The maximum atomic E-state index is 5.15. The normalized spacial score (nSPS) is 11.3. The number of pyridine rings is 1. The molecule has 0 fully saturated rings. The molecule has 0 unspecified atom stereocenters. The lowest BCUT2D eigenvalue weighted by molar-refractivity contribution is 0.893. The summed E-state index contributed by atoms with van der Waals surface area (Å²) in [5.74, 6) is 0.781. The topological polar surface area (TPSA) is 50.9 Å². The van der Waals surface area contributed by atoms with E-state index in [0.717, 1.165) is 27.3 Å². The van der Waals surface area contributed by atoms with Crippen molar-refractivity contribution < 1.29 is 0 Å². The molecule has 0 aliphatic rings. The largest absolute Gasteiger partial charge is 0.302 e. The van der Waals surface area contributed by atoms with E-state index in [1.54, 1.807) is 0 Å². The van der Waals surface area contributed by atoms with E-state index in [4.69, 9.17) is 12.2 Å². The van der Waals surface area contributed by atoms with Crippen LogP contribution in [0.3, 0.4) is 0 Å². The van der Waals surface area contributed by atoms with Gasteiger partial charge in [0.15, 0.2) is 10.6 Å². The summed E-state index contributed by atoms with van der Waals surface area (Å²) < 4.78 is 5.43. The second-order valence-corrected chi connectivity index (χ2v) is 5.34. The standard InChI is InChI=1S/C11H10BrN5S/c1-6-9(10-14-15-11(18)16(10)2)17-5-7(12)3-4-8(17)13-6/h3-5H,1-2H3,(H,15,18). The summed E-state index contributed by atoms with van der Waals surface area (Å²) in [5.41, 5.74) is 2.76. The third-order valence-corrected chi connectivity index (χ3v) is 3.68. The molecule has 0 spiro atoms. The fraction of sp³-hybridized carbons (Fsp3) is 0.182. The highest BCUT2D eigenvalue weighted by atomic mass is 79.9. The number of hydrogen-bond donors (Lipinski definition) is 1. The quantitative estimate of drug-likeness (QED) is 0.700. The Labute approximate surface area is 117 Å². The predicted octanol–water partition coefficient (Wildman–Crippen LogP) is 2.86. The Hall–Kier alpha value is -1.47. The van der Waals surface area contributed by atoms with E-state index in [2.05, 4.69) is 31.1 Å². The molecule has 18 heavy (non-hydrogen) atoms. The summed E-state index contributed by atoms with van der Waals surface area (Å²) in [6.07, 6.45) is 1.97. The molecule has 3 aromatic rings. The molecule has 3 rings (SSSR count). The Morgan fingerprint density at radius 2 is 2.17 bits per heavy atom. The van der Waals surface area contributed by atoms with Crippen molar-refractivity contribution in [3.8, 4) is 11.5 Å². The highest BCUT2D eigenvalue weighted by Crippen LogP contribution is 2.24. The molecule has 0 bridgehead atoms. The minimum absolute atomic E-state index is 0.592. The summed E-state index contributed by atoms with van der Waals surface area (Å²) >= 11 is 8.61. The molecule has 0 amide bonds.